The van der Waals surface area contributed by atoms with E-state index < -0.39 is 5.41 Å². The van der Waals surface area contributed by atoms with Crippen LogP contribution in [0.3, 0.4) is 0 Å². The van der Waals surface area contributed by atoms with Gasteiger partial charge in [-0.25, -0.2) is 0 Å². The Hall–Kier alpha value is -0.610. The van der Waals surface area contributed by atoms with Crippen molar-refractivity contribution < 1.29 is 19.0 Å². The Bertz CT molecular complexity index is 194. The Morgan fingerprint density at radius 1 is 1.06 bits per heavy atom. The fourth-order valence-electron chi connectivity index (χ4n) is 0.855. The molecule has 0 aromatic carbocycles. The molecule has 0 heterocycles. The molecule has 0 aromatic heterocycles. The van der Waals surface area contributed by atoms with Crippen LogP contribution in [-0.2, 0) is 19.0 Å². The molecule has 0 aromatic rings. The average molecular weight is 232 g/mol. The molecule has 0 unspecified atom stereocenters. The van der Waals surface area contributed by atoms with Gasteiger partial charge in [0.1, 0.15) is 6.61 Å². The first kappa shape index (κ1) is 15.4. The summed E-state index contributed by atoms with van der Waals surface area (Å²) in [5, 5.41) is 0. The fraction of sp³-hybridized carbons (Fsp3) is 0.917. The van der Waals surface area contributed by atoms with E-state index in [4.69, 9.17) is 14.2 Å². The van der Waals surface area contributed by atoms with Crippen LogP contribution in [0.1, 0.15) is 34.6 Å². The van der Waals surface area contributed by atoms with Crippen LogP contribution >= 0.6 is 0 Å². The Kier molecular flexibility index (Phi) is 7.34. The number of carbonyl (C=O) groups excluding carboxylic acids is 1. The number of carbonyl (C=O) groups is 1. The largest absolute Gasteiger partial charge is 0.463 e. The molecule has 0 saturated heterocycles. The van der Waals surface area contributed by atoms with Crippen molar-refractivity contribution in [2.75, 3.05) is 26.4 Å². The van der Waals surface area contributed by atoms with Gasteiger partial charge in [0.2, 0.25) is 0 Å². The molecule has 4 heteroatoms. The number of ether oxygens (including phenoxy) is 3. The minimum atomic E-state index is -0.444. The van der Waals surface area contributed by atoms with E-state index >= 15 is 0 Å². The standard InChI is InChI=1S/C12H24O4/c1-10(2)15-8-6-14-7-9-16-11(13)12(3,4)5/h10H,6-9H2,1-5H3. The van der Waals surface area contributed by atoms with Gasteiger partial charge in [0.15, 0.2) is 0 Å². The third kappa shape index (κ3) is 8.68. The predicted octanol–water partition coefficient (Wildman–Crippen LogP) is 2.02. The highest BCUT2D eigenvalue weighted by atomic mass is 16.6. The van der Waals surface area contributed by atoms with Crippen molar-refractivity contribution in [3.05, 3.63) is 0 Å². The van der Waals surface area contributed by atoms with E-state index in [0.29, 0.717) is 26.4 Å². The first-order valence-electron chi connectivity index (χ1n) is 5.70. The van der Waals surface area contributed by atoms with E-state index in [0.717, 1.165) is 0 Å². The van der Waals surface area contributed by atoms with Crippen LogP contribution in [0.2, 0.25) is 0 Å². The minimum Gasteiger partial charge on any atom is -0.463 e. The second-order valence-corrected chi connectivity index (χ2v) is 4.92. The van der Waals surface area contributed by atoms with Gasteiger partial charge in [0.25, 0.3) is 0 Å². The molecule has 0 rings (SSSR count). The van der Waals surface area contributed by atoms with Crippen molar-refractivity contribution in [1.82, 2.24) is 0 Å². The van der Waals surface area contributed by atoms with Gasteiger partial charge >= 0.3 is 5.97 Å². The van der Waals surface area contributed by atoms with Crippen LogP contribution in [0.5, 0.6) is 0 Å². The van der Waals surface area contributed by atoms with Crippen LogP contribution in [0.15, 0.2) is 0 Å². The molecule has 0 aliphatic carbocycles. The van der Waals surface area contributed by atoms with Gasteiger partial charge in [-0.3, -0.25) is 4.79 Å². The summed E-state index contributed by atoms with van der Waals surface area (Å²) in [6.07, 6.45) is 0.224. The highest BCUT2D eigenvalue weighted by Crippen LogP contribution is 2.14. The molecular formula is C12H24O4. The summed E-state index contributed by atoms with van der Waals surface area (Å²) in [5.41, 5.74) is -0.444. The lowest BCUT2D eigenvalue weighted by atomic mass is 9.97. The number of rotatable bonds is 7. The topological polar surface area (TPSA) is 44.8 Å². The average Bonchev–Trinajstić information content (AvgIpc) is 2.14. The van der Waals surface area contributed by atoms with Gasteiger partial charge in [-0.05, 0) is 34.6 Å². The third-order valence-corrected chi connectivity index (χ3v) is 1.75. The van der Waals surface area contributed by atoms with Crippen molar-refractivity contribution in [3.8, 4) is 0 Å². The van der Waals surface area contributed by atoms with Crippen molar-refractivity contribution in [1.29, 1.82) is 0 Å². The first-order valence-corrected chi connectivity index (χ1v) is 5.70. The maximum absolute atomic E-state index is 11.3. The molecule has 0 N–H and O–H groups in total. The van der Waals surface area contributed by atoms with E-state index in [1.165, 1.54) is 0 Å². The van der Waals surface area contributed by atoms with Gasteiger partial charge < -0.3 is 14.2 Å². The highest BCUT2D eigenvalue weighted by molar-refractivity contribution is 5.75. The number of hydrogen-bond acceptors (Lipinski definition) is 4. The summed E-state index contributed by atoms with van der Waals surface area (Å²) in [6, 6.07) is 0. The van der Waals surface area contributed by atoms with Crippen LogP contribution in [0, 0.1) is 5.41 Å². The van der Waals surface area contributed by atoms with E-state index in [1.54, 1.807) is 0 Å². The Morgan fingerprint density at radius 2 is 1.62 bits per heavy atom. The van der Waals surface area contributed by atoms with Crippen LogP contribution in [0.4, 0.5) is 0 Å². The molecule has 0 atom stereocenters. The van der Waals surface area contributed by atoms with Gasteiger partial charge in [-0.1, -0.05) is 0 Å². The molecule has 0 aliphatic heterocycles. The van der Waals surface area contributed by atoms with E-state index in [-0.39, 0.29) is 12.1 Å². The molecule has 96 valence electrons. The SMILES string of the molecule is CC(C)OCCOCCOC(=O)C(C)(C)C. The zero-order chi connectivity index (χ0) is 12.6. The lowest BCUT2D eigenvalue weighted by Crippen LogP contribution is -2.24. The Balaban J connectivity index is 3.31. The summed E-state index contributed by atoms with van der Waals surface area (Å²) < 4.78 is 15.6. The van der Waals surface area contributed by atoms with Crippen LogP contribution < -0.4 is 0 Å². The van der Waals surface area contributed by atoms with Gasteiger partial charge in [0.05, 0.1) is 31.3 Å². The molecule has 0 fully saturated rings. The zero-order valence-electron chi connectivity index (χ0n) is 11.0. The van der Waals surface area contributed by atoms with Crippen LogP contribution in [0.25, 0.3) is 0 Å². The third-order valence-electron chi connectivity index (χ3n) is 1.75. The van der Waals surface area contributed by atoms with E-state index in [2.05, 4.69) is 0 Å². The molecule has 16 heavy (non-hydrogen) atoms. The monoisotopic (exact) mass is 232 g/mol. The molecule has 0 saturated carbocycles. The molecule has 0 bridgehead atoms. The van der Waals surface area contributed by atoms with Crippen molar-refractivity contribution in [2.24, 2.45) is 5.41 Å². The first-order chi connectivity index (χ1) is 7.34. The fourth-order valence-corrected chi connectivity index (χ4v) is 0.855. The summed E-state index contributed by atoms with van der Waals surface area (Å²) in [6.45, 7) is 11.3. The molecule has 0 spiro atoms. The quantitative estimate of drug-likeness (QED) is 0.497. The van der Waals surface area contributed by atoms with Gasteiger partial charge in [0, 0.05) is 0 Å². The van der Waals surface area contributed by atoms with E-state index in [9.17, 15) is 4.79 Å². The lowest BCUT2D eigenvalue weighted by molar-refractivity contribution is -0.154. The normalized spacial score (nSPS) is 11.9. The second-order valence-electron chi connectivity index (χ2n) is 4.92. The summed E-state index contributed by atoms with van der Waals surface area (Å²) >= 11 is 0. The Morgan fingerprint density at radius 3 is 2.12 bits per heavy atom. The van der Waals surface area contributed by atoms with E-state index in [1.807, 2.05) is 34.6 Å². The van der Waals surface area contributed by atoms with Crippen molar-refractivity contribution in [2.45, 2.75) is 40.7 Å². The predicted molar refractivity (Wildman–Crippen MR) is 62.3 cm³/mol. The van der Waals surface area contributed by atoms with Crippen molar-refractivity contribution >= 4 is 5.97 Å². The lowest BCUT2D eigenvalue weighted by Gasteiger charge is -2.16. The molecular weight excluding hydrogens is 208 g/mol. The molecule has 0 amide bonds. The maximum atomic E-state index is 11.3. The zero-order valence-corrected chi connectivity index (χ0v) is 11.0. The Labute approximate surface area is 98.3 Å². The summed E-state index contributed by atoms with van der Waals surface area (Å²) in [7, 11) is 0. The number of hydrogen-bond donors (Lipinski definition) is 0. The second kappa shape index (κ2) is 7.63. The molecule has 0 aliphatic rings. The number of esters is 1. The molecule has 4 nitrogen and oxygen atoms in total. The summed E-state index contributed by atoms with van der Waals surface area (Å²) in [4.78, 5) is 11.3. The maximum Gasteiger partial charge on any atom is 0.311 e. The summed E-state index contributed by atoms with van der Waals surface area (Å²) in [5.74, 6) is -0.200. The molecule has 0 radical (unpaired) electrons. The van der Waals surface area contributed by atoms with Crippen LogP contribution in [-0.4, -0.2) is 38.5 Å². The smallest absolute Gasteiger partial charge is 0.311 e. The highest BCUT2D eigenvalue weighted by Gasteiger charge is 2.22. The van der Waals surface area contributed by atoms with Gasteiger partial charge in [-0.15, -0.1) is 0 Å². The van der Waals surface area contributed by atoms with Crippen molar-refractivity contribution in [3.63, 3.8) is 0 Å². The minimum absolute atomic E-state index is 0.200. The van der Waals surface area contributed by atoms with Gasteiger partial charge in [-0.2, -0.15) is 0 Å².